The molecular formula is C22H28BrN7O. The Morgan fingerprint density at radius 2 is 1.94 bits per heavy atom. The molecule has 1 aliphatic rings. The Bertz CT molecular complexity index is 1010. The van der Waals surface area contributed by atoms with Gasteiger partial charge < -0.3 is 15.0 Å². The molecule has 4 rings (SSSR count). The fourth-order valence-electron chi connectivity index (χ4n) is 3.68. The van der Waals surface area contributed by atoms with Gasteiger partial charge in [-0.15, -0.1) is 0 Å². The number of nitrogens with one attached hydrogen (secondary N) is 1. The van der Waals surface area contributed by atoms with Gasteiger partial charge in [-0.3, -0.25) is 4.90 Å². The molecule has 9 heteroatoms. The number of hydrogen-bond donors (Lipinski definition) is 1. The second-order valence-electron chi connectivity index (χ2n) is 7.75. The molecule has 0 unspecified atom stereocenters. The monoisotopic (exact) mass is 485 g/mol. The molecule has 1 aliphatic heterocycles. The van der Waals surface area contributed by atoms with E-state index in [1.54, 1.807) is 12.4 Å². The van der Waals surface area contributed by atoms with Crippen LogP contribution in [-0.2, 0) is 11.3 Å². The van der Waals surface area contributed by atoms with E-state index in [1.165, 1.54) is 0 Å². The topological polar surface area (TPSA) is 79.3 Å². The first-order valence-electron chi connectivity index (χ1n) is 10.6. The van der Waals surface area contributed by atoms with Gasteiger partial charge in [0.15, 0.2) is 0 Å². The van der Waals surface area contributed by atoms with Crippen LogP contribution in [0.25, 0.3) is 10.9 Å². The fraction of sp³-hybridized carbons (Fsp3) is 0.455. The maximum absolute atomic E-state index is 5.43. The molecular weight excluding hydrogens is 458 g/mol. The first-order valence-corrected chi connectivity index (χ1v) is 11.4. The summed E-state index contributed by atoms with van der Waals surface area (Å²) in [7, 11) is 1.97. The van der Waals surface area contributed by atoms with Crippen LogP contribution in [0.2, 0.25) is 0 Å². The van der Waals surface area contributed by atoms with Gasteiger partial charge >= 0.3 is 0 Å². The van der Waals surface area contributed by atoms with Gasteiger partial charge in [0.05, 0.1) is 25.3 Å². The maximum Gasteiger partial charge on any atom is 0.228 e. The van der Waals surface area contributed by atoms with Crippen molar-refractivity contribution in [2.75, 3.05) is 56.7 Å². The van der Waals surface area contributed by atoms with Crippen LogP contribution in [0, 0.1) is 6.92 Å². The summed E-state index contributed by atoms with van der Waals surface area (Å²) >= 11 is 3.61. The Balaban J connectivity index is 1.53. The number of benzene rings is 1. The Hall–Kier alpha value is -2.36. The zero-order chi connectivity index (χ0) is 21.6. The molecule has 1 fully saturated rings. The molecule has 1 saturated heterocycles. The molecule has 2 aromatic heterocycles. The van der Waals surface area contributed by atoms with Crippen LogP contribution in [0.3, 0.4) is 0 Å². The summed E-state index contributed by atoms with van der Waals surface area (Å²) in [5.74, 6) is 2.24. The molecule has 1 N–H and O–H groups in total. The third kappa shape index (κ3) is 5.66. The third-order valence-corrected chi connectivity index (χ3v) is 5.79. The molecule has 0 saturated carbocycles. The van der Waals surface area contributed by atoms with E-state index < -0.39 is 0 Å². The zero-order valence-corrected chi connectivity index (χ0v) is 19.6. The number of hydrogen-bond acceptors (Lipinski definition) is 8. The summed E-state index contributed by atoms with van der Waals surface area (Å²) in [4.78, 5) is 22.8. The van der Waals surface area contributed by atoms with Gasteiger partial charge in [-0.05, 0) is 43.7 Å². The summed E-state index contributed by atoms with van der Waals surface area (Å²) in [5, 5.41) is 4.57. The number of aryl methyl sites for hydroxylation is 1. The van der Waals surface area contributed by atoms with Gasteiger partial charge in [-0.1, -0.05) is 15.9 Å². The van der Waals surface area contributed by atoms with Crippen molar-refractivity contribution in [1.82, 2.24) is 24.8 Å². The molecule has 164 valence electrons. The first kappa shape index (κ1) is 21.9. The van der Waals surface area contributed by atoms with Crippen molar-refractivity contribution >= 4 is 38.6 Å². The number of rotatable bonds is 8. The Morgan fingerprint density at radius 1 is 1.16 bits per heavy atom. The third-order valence-electron chi connectivity index (χ3n) is 5.33. The lowest BCUT2D eigenvalue weighted by Crippen LogP contribution is -2.37. The van der Waals surface area contributed by atoms with E-state index in [2.05, 4.69) is 55.2 Å². The lowest BCUT2D eigenvalue weighted by molar-refractivity contribution is 0.0378. The van der Waals surface area contributed by atoms with E-state index in [9.17, 15) is 0 Å². The van der Waals surface area contributed by atoms with E-state index in [1.807, 2.05) is 18.0 Å². The second-order valence-corrected chi connectivity index (χ2v) is 8.66. The van der Waals surface area contributed by atoms with Crippen molar-refractivity contribution in [2.24, 2.45) is 0 Å². The van der Waals surface area contributed by atoms with Crippen LogP contribution < -0.4 is 10.2 Å². The minimum absolute atomic E-state index is 0.540. The molecule has 0 bridgehead atoms. The maximum atomic E-state index is 5.43. The largest absolute Gasteiger partial charge is 0.379 e. The van der Waals surface area contributed by atoms with Crippen molar-refractivity contribution in [3.05, 3.63) is 46.5 Å². The smallest absolute Gasteiger partial charge is 0.228 e. The average molecular weight is 486 g/mol. The standard InChI is InChI=1S/C22H28BrN7O/c1-16-13-17(23)14-18-20(16)27-22(29(2)15-19-24-5-3-6-25-19)28-21(18)26-7-4-8-30-9-11-31-12-10-30/h3,5-6,13-14H,4,7-12,15H2,1-2H3,(H,26,27,28). The van der Waals surface area contributed by atoms with Crippen molar-refractivity contribution in [1.29, 1.82) is 0 Å². The first-order chi connectivity index (χ1) is 15.1. The number of nitrogens with zero attached hydrogens (tertiary/aromatic N) is 6. The molecule has 0 atom stereocenters. The van der Waals surface area contributed by atoms with Gasteiger partial charge in [0.1, 0.15) is 11.6 Å². The number of ether oxygens (including phenoxy) is 1. The highest BCUT2D eigenvalue weighted by Gasteiger charge is 2.15. The lowest BCUT2D eigenvalue weighted by Gasteiger charge is -2.26. The minimum Gasteiger partial charge on any atom is -0.379 e. The van der Waals surface area contributed by atoms with Crippen molar-refractivity contribution in [2.45, 2.75) is 19.9 Å². The van der Waals surface area contributed by atoms with E-state index in [0.717, 1.165) is 78.4 Å². The van der Waals surface area contributed by atoms with Crippen LogP contribution in [0.15, 0.2) is 35.1 Å². The van der Waals surface area contributed by atoms with Crippen LogP contribution >= 0.6 is 15.9 Å². The Labute approximate surface area is 191 Å². The molecule has 0 aliphatic carbocycles. The molecule has 0 amide bonds. The summed E-state index contributed by atoms with van der Waals surface area (Å²) in [6, 6.07) is 5.98. The summed E-state index contributed by atoms with van der Waals surface area (Å²) in [5.41, 5.74) is 2.05. The van der Waals surface area contributed by atoms with Gasteiger partial charge in [-0.25, -0.2) is 15.0 Å². The van der Waals surface area contributed by atoms with E-state index >= 15 is 0 Å². The number of anilines is 2. The quantitative estimate of drug-likeness (QED) is 0.487. The molecule has 3 aromatic rings. The number of aromatic nitrogens is 4. The van der Waals surface area contributed by atoms with Crippen molar-refractivity contribution in [3.63, 3.8) is 0 Å². The van der Waals surface area contributed by atoms with Crippen LogP contribution in [-0.4, -0.2) is 71.3 Å². The zero-order valence-electron chi connectivity index (χ0n) is 18.0. The van der Waals surface area contributed by atoms with Crippen molar-refractivity contribution < 1.29 is 4.74 Å². The summed E-state index contributed by atoms with van der Waals surface area (Å²) in [6.45, 7) is 8.21. The van der Waals surface area contributed by atoms with Gasteiger partial charge in [0, 0.05) is 48.9 Å². The minimum atomic E-state index is 0.540. The number of halogens is 1. The molecule has 0 spiro atoms. The predicted octanol–water partition coefficient (Wildman–Crippen LogP) is 3.26. The summed E-state index contributed by atoms with van der Waals surface area (Å²) in [6.07, 6.45) is 4.54. The second kappa shape index (κ2) is 10.3. The fourth-order valence-corrected chi connectivity index (χ4v) is 4.26. The Kier molecular flexibility index (Phi) is 7.26. The highest BCUT2D eigenvalue weighted by molar-refractivity contribution is 9.10. The van der Waals surface area contributed by atoms with Crippen LogP contribution in [0.4, 0.5) is 11.8 Å². The van der Waals surface area contributed by atoms with E-state index in [-0.39, 0.29) is 0 Å². The molecule has 3 heterocycles. The highest BCUT2D eigenvalue weighted by atomic mass is 79.9. The number of fused-ring (bicyclic) bond motifs is 1. The summed E-state index contributed by atoms with van der Waals surface area (Å²) < 4.78 is 6.46. The highest BCUT2D eigenvalue weighted by Crippen LogP contribution is 2.29. The Morgan fingerprint density at radius 3 is 2.71 bits per heavy atom. The van der Waals surface area contributed by atoms with Gasteiger partial charge in [-0.2, -0.15) is 4.98 Å². The van der Waals surface area contributed by atoms with E-state index in [0.29, 0.717) is 12.5 Å². The normalized spacial score (nSPS) is 14.7. The molecule has 1 aromatic carbocycles. The van der Waals surface area contributed by atoms with E-state index in [4.69, 9.17) is 14.7 Å². The van der Waals surface area contributed by atoms with Gasteiger partial charge in [0.2, 0.25) is 5.95 Å². The van der Waals surface area contributed by atoms with Crippen LogP contribution in [0.1, 0.15) is 17.8 Å². The van der Waals surface area contributed by atoms with Gasteiger partial charge in [0.25, 0.3) is 0 Å². The molecule has 8 nitrogen and oxygen atoms in total. The lowest BCUT2D eigenvalue weighted by atomic mass is 10.1. The van der Waals surface area contributed by atoms with Crippen molar-refractivity contribution in [3.8, 4) is 0 Å². The molecule has 0 radical (unpaired) electrons. The number of morpholine rings is 1. The average Bonchev–Trinajstić information content (AvgIpc) is 2.78. The SMILES string of the molecule is Cc1cc(Br)cc2c(NCCCN3CCOCC3)nc(N(C)Cc3ncccn3)nc12. The van der Waals surface area contributed by atoms with Crippen LogP contribution in [0.5, 0.6) is 0 Å². The predicted molar refractivity (Wildman–Crippen MR) is 126 cm³/mol. The molecule has 31 heavy (non-hydrogen) atoms.